The van der Waals surface area contributed by atoms with Crippen LogP contribution in [-0.2, 0) is 6.61 Å². The molecule has 1 aliphatic rings. The van der Waals surface area contributed by atoms with Crippen LogP contribution in [0.1, 0.15) is 24.5 Å². The van der Waals surface area contributed by atoms with E-state index in [4.69, 9.17) is 10.4 Å². The fraction of sp³-hybridized carbons (Fsp3) is 0.357. The molecule has 0 atom stereocenters. The lowest BCUT2D eigenvalue weighted by Crippen LogP contribution is -2.28. The van der Waals surface area contributed by atoms with Crippen molar-refractivity contribution in [1.29, 1.82) is 5.26 Å². The second-order valence-corrected chi connectivity index (χ2v) is 4.37. The minimum atomic E-state index is -0.0199. The summed E-state index contributed by atoms with van der Waals surface area (Å²) in [7, 11) is 0. The van der Waals surface area contributed by atoms with Crippen LogP contribution < -0.4 is 4.90 Å². The van der Waals surface area contributed by atoms with Crippen LogP contribution >= 0.6 is 0 Å². The highest BCUT2D eigenvalue weighted by atomic mass is 16.3. The van der Waals surface area contributed by atoms with Gasteiger partial charge >= 0.3 is 0 Å². The van der Waals surface area contributed by atoms with Gasteiger partial charge < -0.3 is 10.0 Å². The van der Waals surface area contributed by atoms with Crippen molar-refractivity contribution in [3.05, 3.63) is 41.0 Å². The first-order valence-electron chi connectivity index (χ1n) is 5.79. The van der Waals surface area contributed by atoms with Gasteiger partial charge in [-0.05, 0) is 31.0 Å². The first-order valence-corrected chi connectivity index (χ1v) is 5.79. The first-order chi connectivity index (χ1) is 8.24. The molecule has 0 fully saturated rings. The maximum absolute atomic E-state index is 9.15. The van der Waals surface area contributed by atoms with Gasteiger partial charge in [0.05, 0.1) is 17.9 Å². The summed E-state index contributed by atoms with van der Waals surface area (Å²) in [6, 6.07) is 7.78. The second kappa shape index (κ2) is 5.03. The number of benzene rings is 1. The van der Waals surface area contributed by atoms with Crippen LogP contribution in [0.25, 0.3) is 0 Å². The average Bonchev–Trinajstić information content (AvgIpc) is 2.39. The van der Waals surface area contributed by atoms with E-state index in [1.54, 1.807) is 6.07 Å². The van der Waals surface area contributed by atoms with Gasteiger partial charge in [-0.25, -0.2) is 0 Å². The van der Waals surface area contributed by atoms with Gasteiger partial charge in [-0.1, -0.05) is 17.7 Å². The third-order valence-corrected chi connectivity index (χ3v) is 3.14. The summed E-state index contributed by atoms with van der Waals surface area (Å²) in [4.78, 5) is 2.20. The van der Waals surface area contributed by atoms with Crippen LogP contribution in [0.5, 0.6) is 0 Å². The van der Waals surface area contributed by atoms with E-state index in [-0.39, 0.29) is 6.61 Å². The number of nitrogens with zero attached hydrogens (tertiary/aromatic N) is 2. The zero-order chi connectivity index (χ0) is 12.3. The van der Waals surface area contributed by atoms with Crippen molar-refractivity contribution in [1.82, 2.24) is 0 Å². The molecule has 0 unspecified atom stereocenters. The van der Waals surface area contributed by atoms with Crippen molar-refractivity contribution in [3.8, 4) is 6.07 Å². The predicted octanol–water partition coefficient (Wildman–Crippen LogP) is 2.21. The molecule has 1 heterocycles. The maximum atomic E-state index is 9.15. The Hall–Kier alpha value is -1.79. The molecule has 0 saturated carbocycles. The molecule has 1 aliphatic heterocycles. The first kappa shape index (κ1) is 11.7. The van der Waals surface area contributed by atoms with Crippen molar-refractivity contribution in [2.24, 2.45) is 0 Å². The number of hydrogen-bond donors (Lipinski definition) is 1. The van der Waals surface area contributed by atoms with Gasteiger partial charge in [-0.2, -0.15) is 5.26 Å². The number of aliphatic hydroxyl groups is 1. The maximum Gasteiger partial charge on any atom is 0.101 e. The zero-order valence-electron chi connectivity index (χ0n) is 9.98. The fourth-order valence-electron chi connectivity index (χ4n) is 2.04. The molecule has 17 heavy (non-hydrogen) atoms. The predicted molar refractivity (Wildman–Crippen MR) is 67.7 cm³/mol. The molecule has 0 amide bonds. The molecule has 0 aromatic heterocycles. The highest BCUT2D eigenvalue weighted by Crippen LogP contribution is 2.24. The molecular weight excluding hydrogens is 212 g/mol. The van der Waals surface area contributed by atoms with Crippen LogP contribution in [0.15, 0.2) is 29.8 Å². The summed E-state index contributed by atoms with van der Waals surface area (Å²) in [6.45, 7) is 3.93. The van der Waals surface area contributed by atoms with Crippen molar-refractivity contribution < 1.29 is 5.11 Å². The molecule has 1 aromatic rings. The lowest BCUT2D eigenvalue weighted by molar-refractivity contribution is 0.282. The van der Waals surface area contributed by atoms with E-state index in [2.05, 4.69) is 24.0 Å². The Bertz CT molecular complexity index is 485. The number of hydrogen-bond acceptors (Lipinski definition) is 3. The van der Waals surface area contributed by atoms with Crippen LogP contribution in [0.4, 0.5) is 5.69 Å². The van der Waals surface area contributed by atoms with Gasteiger partial charge in [0.1, 0.15) is 6.07 Å². The lowest BCUT2D eigenvalue weighted by atomic mass is 10.1. The van der Waals surface area contributed by atoms with Crippen molar-refractivity contribution in [2.45, 2.75) is 20.0 Å². The highest BCUT2D eigenvalue weighted by Gasteiger charge is 2.13. The van der Waals surface area contributed by atoms with Gasteiger partial charge in [-0.3, -0.25) is 0 Å². The van der Waals surface area contributed by atoms with Crippen LogP contribution in [0.3, 0.4) is 0 Å². The van der Waals surface area contributed by atoms with E-state index >= 15 is 0 Å². The lowest BCUT2D eigenvalue weighted by Gasteiger charge is -2.28. The zero-order valence-corrected chi connectivity index (χ0v) is 9.98. The van der Waals surface area contributed by atoms with E-state index < -0.39 is 0 Å². The normalized spacial score (nSPS) is 15.4. The molecule has 1 aromatic carbocycles. The SMILES string of the molecule is CC1=CCN(c2ccc(CO)cc2C#N)CC1. The summed E-state index contributed by atoms with van der Waals surface area (Å²) < 4.78 is 0. The molecule has 88 valence electrons. The minimum Gasteiger partial charge on any atom is -0.392 e. The van der Waals surface area contributed by atoms with Crippen LogP contribution in [0.2, 0.25) is 0 Å². The minimum absolute atomic E-state index is 0.0199. The average molecular weight is 228 g/mol. The summed E-state index contributed by atoms with van der Waals surface area (Å²) in [5.74, 6) is 0. The quantitative estimate of drug-likeness (QED) is 0.789. The molecule has 3 nitrogen and oxygen atoms in total. The molecule has 3 heteroatoms. The van der Waals surface area contributed by atoms with Gasteiger partial charge in [0, 0.05) is 13.1 Å². The standard InChI is InChI=1S/C14H16N2O/c1-11-4-6-16(7-5-11)14-3-2-12(10-17)8-13(14)9-15/h2-4,8,17H,5-7,10H2,1H3. The summed E-state index contributed by atoms with van der Waals surface area (Å²) in [6.07, 6.45) is 3.25. The Morgan fingerprint density at radius 3 is 2.88 bits per heavy atom. The Balaban J connectivity index is 2.30. The largest absolute Gasteiger partial charge is 0.392 e. The Kier molecular flexibility index (Phi) is 3.46. The molecule has 1 N–H and O–H groups in total. The molecule has 2 rings (SSSR count). The Morgan fingerprint density at radius 1 is 1.47 bits per heavy atom. The molecule has 0 saturated heterocycles. The summed E-state index contributed by atoms with van der Waals surface area (Å²) in [5.41, 5.74) is 3.80. The van der Waals surface area contributed by atoms with Crippen molar-refractivity contribution in [3.63, 3.8) is 0 Å². The molecule has 0 spiro atoms. The summed E-state index contributed by atoms with van der Waals surface area (Å²) in [5, 5.41) is 18.2. The monoisotopic (exact) mass is 228 g/mol. The van der Waals surface area contributed by atoms with Gasteiger partial charge in [0.15, 0.2) is 0 Å². The molecule has 0 aliphatic carbocycles. The Labute approximate surface area is 102 Å². The van der Waals surface area contributed by atoms with Crippen molar-refractivity contribution >= 4 is 5.69 Å². The number of nitriles is 1. The molecular formula is C14H16N2O. The van der Waals surface area contributed by atoms with E-state index in [1.807, 2.05) is 12.1 Å². The summed E-state index contributed by atoms with van der Waals surface area (Å²) >= 11 is 0. The highest BCUT2D eigenvalue weighted by molar-refractivity contribution is 5.61. The topological polar surface area (TPSA) is 47.3 Å². The van der Waals surface area contributed by atoms with Gasteiger partial charge in [-0.15, -0.1) is 0 Å². The molecule has 0 bridgehead atoms. The van der Waals surface area contributed by atoms with E-state index in [0.29, 0.717) is 5.56 Å². The van der Waals surface area contributed by atoms with Gasteiger partial charge in [0.2, 0.25) is 0 Å². The van der Waals surface area contributed by atoms with E-state index in [0.717, 1.165) is 30.8 Å². The molecule has 0 radical (unpaired) electrons. The van der Waals surface area contributed by atoms with E-state index in [9.17, 15) is 0 Å². The van der Waals surface area contributed by atoms with Crippen LogP contribution in [-0.4, -0.2) is 18.2 Å². The number of aliphatic hydroxyl groups excluding tert-OH is 1. The third kappa shape index (κ3) is 2.48. The third-order valence-electron chi connectivity index (χ3n) is 3.14. The number of anilines is 1. The Morgan fingerprint density at radius 2 is 2.29 bits per heavy atom. The second-order valence-electron chi connectivity index (χ2n) is 4.37. The number of rotatable bonds is 2. The van der Waals surface area contributed by atoms with E-state index in [1.165, 1.54) is 5.57 Å². The van der Waals surface area contributed by atoms with Gasteiger partial charge in [0.25, 0.3) is 0 Å². The van der Waals surface area contributed by atoms with Crippen LogP contribution in [0, 0.1) is 11.3 Å². The smallest absolute Gasteiger partial charge is 0.101 e. The fourth-order valence-corrected chi connectivity index (χ4v) is 2.04. The van der Waals surface area contributed by atoms with Crippen molar-refractivity contribution in [2.75, 3.05) is 18.0 Å².